The maximum Gasteiger partial charge on any atom is 0.249 e. The average molecular weight is 388 g/mol. The lowest BCUT2D eigenvalue weighted by Gasteiger charge is -2.09. The number of aromatic nitrogens is 2. The van der Waals surface area contributed by atoms with E-state index in [1.807, 2.05) is 12.1 Å². The SMILES string of the molecule is NC(=NO)c1nccnc1Oc1ccc(Br)cc1Br. The molecule has 2 rings (SSSR count). The molecule has 0 unspecified atom stereocenters. The van der Waals surface area contributed by atoms with E-state index < -0.39 is 0 Å². The molecule has 0 aliphatic carbocycles. The second-order valence-corrected chi connectivity index (χ2v) is 5.14. The van der Waals surface area contributed by atoms with Crippen molar-refractivity contribution in [3.63, 3.8) is 0 Å². The topological polar surface area (TPSA) is 93.6 Å². The van der Waals surface area contributed by atoms with Crippen LogP contribution in [0.4, 0.5) is 0 Å². The van der Waals surface area contributed by atoms with E-state index in [1.54, 1.807) is 6.07 Å². The van der Waals surface area contributed by atoms with Gasteiger partial charge in [0.05, 0.1) is 4.47 Å². The molecule has 0 fully saturated rings. The second-order valence-electron chi connectivity index (χ2n) is 3.37. The first kappa shape index (κ1) is 13.8. The van der Waals surface area contributed by atoms with E-state index in [9.17, 15) is 0 Å². The molecular weight excluding hydrogens is 380 g/mol. The van der Waals surface area contributed by atoms with Crippen LogP contribution in [0, 0.1) is 0 Å². The van der Waals surface area contributed by atoms with Gasteiger partial charge in [-0.3, -0.25) is 0 Å². The number of oxime groups is 1. The number of nitrogens with zero attached hydrogens (tertiary/aromatic N) is 3. The summed E-state index contributed by atoms with van der Waals surface area (Å²) in [5, 5.41) is 11.6. The van der Waals surface area contributed by atoms with Crippen molar-refractivity contribution in [3.05, 3.63) is 45.2 Å². The van der Waals surface area contributed by atoms with Crippen molar-refractivity contribution in [2.45, 2.75) is 0 Å². The average Bonchev–Trinajstić information content (AvgIpc) is 2.41. The minimum Gasteiger partial charge on any atom is -0.436 e. The van der Waals surface area contributed by atoms with Gasteiger partial charge in [-0.05, 0) is 34.1 Å². The number of hydrogen-bond acceptors (Lipinski definition) is 5. The molecule has 0 saturated heterocycles. The molecule has 19 heavy (non-hydrogen) atoms. The zero-order chi connectivity index (χ0) is 13.8. The molecule has 0 spiro atoms. The fraction of sp³-hybridized carbons (Fsp3) is 0. The molecule has 0 amide bonds. The lowest BCUT2D eigenvalue weighted by molar-refractivity contribution is 0.318. The minimum atomic E-state index is -0.170. The summed E-state index contributed by atoms with van der Waals surface area (Å²) in [5.74, 6) is 0.521. The van der Waals surface area contributed by atoms with Gasteiger partial charge in [-0.1, -0.05) is 21.1 Å². The minimum absolute atomic E-state index is 0.154. The van der Waals surface area contributed by atoms with Gasteiger partial charge in [0.1, 0.15) is 5.75 Å². The summed E-state index contributed by atoms with van der Waals surface area (Å²) in [4.78, 5) is 7.98. The van der Waals surface area contributed by atoms with Crippen LogP contribution in [0.3, 0.4) is 0 Å². The summed E-state index contributed by atoms with van der Waals surface area (Å²) in [5.41, 5.74) is 5.68. The van der Waals surface area contributed by atoms with E-state index >= 15 is 0 Å². The first-order valence-corrected chi connectivity index (χ1v) is 6.62. The first-order chi connectivity index (χ1) is 9.11. The number of halogens is 2. The van der Waals surface area contributed by atoms with Crippen LogP contribution < -0.4 is 10.5 Å². The van der Waals surface area contributed by atoms with E-state index in [0.29, 0.717) is 5.75 Å². The van der Waals surface area contributed by atoms with E-state index in [1.165, 1.54) is 12.4 Å². The molecule has 0 atom stereocenters. The van der Waals surface area contributed by atoms with Crippen molar-refractivity contribution >= 4 is 37.7 Å². The smallest absolute Gasteiger partial charge is 0.249 e. The molecule has 0 saturated carbocycles. The van der Waals surface area contributed by atoms with Crippen LogP contribution in [0.1, 0.15) is 5.69 Å². The van der Waals surface area contributed by atoms with Gasteiger partial charge in [0.2, 0.25) is 5.88 Å². The van der Waals surface area contributed by atoms with Crippen molar-refractivity contribution in [2.75, 3.05) is 0 Å². The van der Waals surface area contributed by atoms with Crippen LogP contribution >= 0.6 is 31.9 Å². The maximum absolute atomic E-state index is 8.69. The Labute approximate surface area is 125 Å². The zero-order valence-corrected chi connectivity index (χ0v) is 12.6. The highest BCUT2D eigenvalue weighted by molar-refractivity contribution is 9.11. The van der Waals surface area contributed by atoms with Gasteiger partial charge in [-0.25, -0.2) is 9.97 Å². The van der Waals surface area contributed by atoms with E-state index in [0.717, 1.165) is 8.95 Å². The molecule has 1 heterocycles. The number of ether oxygens (including phenoxy) is 1. The fourth-order valence-electron chi connectivity index (χ4n) is 1.29. The Balaban J connectivity index is 2.38. The van der Waals surface area contributed by atoms with Crippen LogP contribution in [0.5, 0.6) is 11.6 Å². The summed E-state index contributed by atoms with van der Waals surface area (Å²) in [7, 11) is 0. The van der Waals surface area contributed by atoms with Gasteiger partial charge >= 0.3 is 0 Å². The summed E-state index contributed by atoms with van der Waals surface area (Å²) in [6, 6.07) is 5.40. The van der Waals surface area contributed by atoms with Crippen LogP contribution in [0.15, 0.2) is 44.7 Å². The number of benzene rings is 1. The lowest BCUT2D eigenvalue weighted by atomic mass is 10.3. The summed E-state index contributed by atoms with van der Waals surface area (Å²) >= 11 is 6.71. The lowest BCUT2D eigenvalue weighted by Crippen LogP contribution is -2.16. The number of nitrogens with two attached hydrogens (primary N) is 1. The third-order valence-corrected chi connectivity index (χ3v) is 3.23. The third-order valence-electron chi connectivity index (χ3n) is 2.12. The molecule has 0 aliphatic rings. The number of rotatable bonds is 3. The standard InChI is InChI=1S/C11H8Br2N4O2/c12-6-1-2-8(7(13)5-6)19-11-9(10(14)17-18)15-3-4-16-11/h1-5,18H,(H2,14,17). The monoisotopic (exact) mass is 386 g/mol. The molecule has 1 aromatic carbocycles. The van der Waals surface area contributed by atoms with Gasteiger partial charge in [-0.2, -0.15) is 0 Å². The van der Waals surface area contributed by atoms with Crippen LogP contribution in [-0.2, 0) is 0 Å². The fourth-order valence-corrected chi connectivity index (χ4v) is 2.41. The van der Waals surface area contributed by atoms with E-state index in [4.69, 9.17) is 15.7 Å². The van der Waals surface area contributed by atoms with Crippen LogP contribution in [-0.4, -0.2) is 21.0 Å². The third kappa shape index (κ3) is 3.21. The van der Waals surface area contributed by atoms with Gasteiger partial charge in [0.15, 0.2) is 11.5 Å². The molecule has 98 valence electrons. The molecule has 0 aliphatic heterocycles. The largest absolute Gasteiger partial charge is 0.436 e. The van der Waals surface area contributed by atoms with Gasteiger partial charge in [0, 0.05) is 16.9 Å². The van der Waals surface area contributed by atoms with Crippen molar-refractivity contribution in [1.82, 2.24) is 9.97 Å². The molecule has 8 heteroatoms. The predicted octanol–water partition coefficient (Wildman–Crippen LogP) is 2.89. The Morgan fingerprint density at radius 2 is 2.00 bits per heavy atom. The first-order valence-electron chi connectivity index (χ1n) is 5.03. The van der Waals surface area contributed by atoms with Gasteiger partial charge in [0.25, 0.3) is 0 Å². The Morgan fingerprint density at radius 3 is 2.68 bits per heavy atom. The second kappa shape index (κ2) is 5.98. The molecule has 3 N–H and O–H groups in total. The Hall–Kier alpha value is -1.67. The van der Waals surface area contributed by atoms with Gasteiger partial charge < -0.3 is 15.7 Å². The number of amidine groups is 1. The van der Waals surface area contributed by atoms with Crippen molar-refractivity contribution in [1.29, 1.82) is 0 Å². The van der Waals surface area contributed by atoms with E-state index in [-0.39, 0.29) is 17.4 Å². The highest BCUT2D eigenvalue weighted by atomic mass is 79.9. The zero-order valence-electron chi connectivity index (χ0n) is 9.42. The Kier molecular flexibility index (Phi) is 4.33. The van der Waals surface area contributed by atoms with Crippen LogP contribution in [0.25, 0.3) is 0 Å². The highest BCUT2D eigenvalue weighted by Gasteiger charge is 2.13. The maximum atomic E-state index is 8.69. The molecular formula is C11H8Br2N4O2. The van der Waals surface area contributed by atoms with Crippen molar-refractivity contribution in [2.24, 2.45) is 10.9 Å². The number of hydrogen-bond donors (Lipinski definition) is 2. The van der Waals surface area contributed by atoms with Gasteiger partial charge in [-0.15, -0.1) is 0 Å². The van der Waals surface area contributed by atoms with Crippen molar-refractivity contribution in [3.8, 4) is 11.6 Å². The van der Waals surface area contributed by atoms with Crippen molar-refractivity contribution < 1.29 is 9.94 Å². The summed E-state index contributed by atoms with van der Waals surface area (Å²) in [6.07, 6.45) is 2.88. The molecule has 2 aromatic rings. The highest BCUT2D eigenvalue weighted by Crippen LogP contribution is 2.31. The molecule has 1 aromatic heterocycles. The Morgan fingerprint density at radius 1 is 1.26 bits per heavy atom. The quantitative estimate of drug-likeness (QED) is 0.365. The Bertz CT molecular complexity index is 634. The normalized spacial score (nSPS) is 11.4. The summed E-state index contributed by atoms with van der Waals surface area (Å²) in [6.45, 7) is 0. The summed E-state index contributed by atoms with van der Waals surface area (Å²) < 4.78 is 7.24. The molecule has 0 radical (unpaired) electrons. The van der Waals surface area contributed by atoms with E-state index in [2.05, 4.69) is 47.0 Å². The van der Waals surface area contributed by atoms with Crippen LogP contribution in [0.2, 0.25) is 0 Å². The molecule has 0 bridgehead atoms. The molecule has 6 nitrogen and oxygen atoms in total. The predicted molar refractivity (Wildman–Crippen MR) is 76.5 cm³/mol.